The lowest BCUT2D eigenvalue weighted by molar-refractivity contribution is -0.139. The molecule has 2 atom stereocenters. The summed E-state index contributed by atoms with van der Waals surface area (Å²) in [4.78, 5) is 31.5. The normalized spacial score (nSPS) is 22.3. The molecule has 0 aromatic carbocycles. The second kappa shape index (κ2) is 8.67. The summed E-state index contributed by atoms with van der Waals surface area (Å²) in [6, 6.07) is -0.601. The summed E-state index contributed by atoms with van der Waals surface area (Å²) in [5.74, 6) is 0.936. The van der Waals surface area contributed by atoms with Gasteiger partial charge in [0.2, 0.25) is 11.8 Å². The Hall–Kier alpha value is -1.60. The number of hydrogen-bond acceptors (Lipinski definition) is 4. The molecule has 0 radical (unpaired) electrons. The molecule has 2 amide bonds. The molecule has 2 heterocycles. The van der Waals surface area contributed by atoms with E-state index >= 15 is 0 Å². The van der Waals surface area contributed by atoms with Crippen LogP contribution in [0.2, 0.25) is 0 Å². The Kier molecular flexibility index (Phi) is 6.84. The fourth-order valence-corrected chi connectivity index (χ4v) is 3.73. The molecule has 0 bridgehead atoms. The summed E-state index contributed by atoms with van der Waals surface area (Å²) in [5.41, 5.74) is 0. The molecule has 1 aromatic rings. The van der Waals surface area contributed by atoms with Gasteiger partial charge in [-0.15, -0.1) is 12.4 Å². The van der Waals surface area contributed by atoms with Crippen LogP contribution in [0.1, 0.15) is 44.5 Å². The molecule has 2 unspecified atom stereocenters. The van der Waals surface area contributed by atoms with Crippen LogP contribution in [0.3, 0.4) is 0 Å². The molecular weight excluding hydrogens is 342 g/mol. The zero-order valence-electron chi connectivity index (χ0n) is 14.9. The average Bonchev–Trinajstić information content (AvgIpc) is 3.25. The smallest absolute Gasteiger partial charge is 0.245 e. The van der Waals surface area contributed by atoms with Gasteiger partial charge in [-0.2, -0.15) is 0 Å². The van der Waals surface area contributed by atoms with Crippen molar-refractivity contribution >= 4 is 24.2 Å². The number of aromatic nitrogens is 2. The van der Waals surface area contributed by atoms with E-state index in [9.17, 15) is 9.59 Å². The Morgan fingerprint density at radius 1 is 1.36 bits per heavy atom. The third-order valence-corrected chi connectivity index (χ3v) is 5.14. The Bertz CT molecular complexity index is 600. The van der Waals surface area contributed by atoms with Crippen LogP contribution in [0.5, 0.6) is 0 Å². The van der Waals surface area contributed by atoms with Crippen molar-refractivity contribution in [2.24, 2.45) is 13.0 Å². The SMILES string of the molecule is CC(NC(=O)C1CCCC1)C(=O)N1CCNCC1c1nccn1C.Cl. The highest BCUT2D eigenvalue weighted by atomic mass is 35.5. The standard InChI is InChI=1S/C17H27N5O2.ClH/c1-12(20-16(23)13-5-3-4-6-13)17(24)22-10-7-18-11-14(22)15-19-8-9-21(15)2;/h8-9,12-14,18H,3-7,10-11H2,1-2H3,(H,20,23);1H. The van der Waals surface area contributed by atoms with E-state index < -0.39 is 6.04 Å². The van der Waals surface area contributed by atoms with Crippen LogP contribution >= 0.6 is 12.4 Å². The van der Waals surface area contributed by atoms with Gasteiger partial charge in [0.05, 0.1) is 0 Å². The number of halogens is 1. The first kappa shape index (κ1) is 19.7. The number of nitrogens with zero attached hydrogens (tertiary/aromatic N) is 3. The highest BCUT2D eigenvalue weighted by Gasteiger charge is 2.34. The number of imidazole rings is 1. The number of aryl methyl sites for hydroxylation is 1. The number of piperazine rings is 1. The molecule has 7 nitrogen and oxygen atoms in total. The van der Waals surface area contributed by atoms with Gasteiger partial charge in [0, 0.05) is 45.0 Å². The van der Waals surface area contributed by atoms with E-state index in [1.54, 1.807) is 13.1 Å². The molecule has 2 N–H and O–H groups in total. The van der Waals surface area contributed by atoms with E-state index in [-0.39, 0.29) is 36.2 Å². The fourth-order valence-electron chi connectivity index (χ4n) is 3.73. The Balaban J connectivity index is 0.00000225. The van der Waals surface area contributed by atoms with Crippen molar-refractivity contribution < 1.29 is 9.59 Å². The summed E-state index contributed by atoms with van der Waals surface area (Å²) in [6.45, 7) is 3.85. The minimum atomic E-state index is -0.501. The van der Waals surface area contributed by atoms with Crippen molar-refractivity contribution in [1.29, 1.82) is 0 Å². The Morgan fingerprint density at radius 3 is 2.72 bits per heavy atom. The molecule has 2 aliphatic rings. The van der Waals surface area contributed by atoms with Gasteiger partial charge < -0.3 is 20.1 Å². The second-order valence-corrected chi connectivity index (χ2v) is 6.86. The lowest BCUT2D eigenvalue weighted by atomic mass is 10.1. The monoisotopic (exact) mass is 369 g/mol. The van der Waals surface area contributed by atoms with Crippen molar-refractivity contribution in [3.8, 4) is 0 Å². The predicted octanol–water partition coefficient (Wildman–Crippen LogP) is 1.01. The fraction of sp³-hybridized carbons (Fsp3) is 0.706. The third-order valence-electron chi connectivity index (χ3n) is 5.14. The molecule has 1 aliphatic heterocycles. The molecule has 140 valence electrons. The molecule has 2 fully saturated rings. The van der Waals surface area contributed by atoms with Crippen molar-refractivity contribution in [3.63, 3.8) is 0 Å². The molecule has 8 heteroatoms. The van der Waals surface area contributed by atoms with Gasteiger partial charge in [0.15, 0.2) is 0 Å². The maximum atomic E-state index is 12.9. The van der Waals surface area contributed by atoms with Gasteiger partial charge in [-0.1, -0.05) is 12.8 Å². The number of carbonyl (C=O) groups is 2. The summed E-state index contributed by atoms with van der Waals surface area (Å²) < 4.78 is 1.94. The van der Waals surface area contributed by atoms with E-state index in [0.717, 1.165) is 38.1 Å². The first-order valence-corrected chi connectivity index (χ1v) is 8.86. The molecule has 1 aromatic heterocycles. The first-order valence-electron chi connectivity index (χ1n) is 8.86. The molecular formula is C17H28ClN5O2. The zero-order valence-corrected chi connectivity index (χ0v) is 15.7. The van der Waals surface area contributed by atoms with E-state index in [1.165, 1.54) is 0 Å². The average molecular weight is 370 g/mol. The first-order chi connectivity index (χ1) is 11.6. The summed E-state index contributed by atoms with van der Waals surface area (Å²) >= 11 is 0. The van der Waals surface area contributed by atoms with Crippen LogP contribution in [-0.2, 0) is 16.6 Å². The highest BCUT2D eigenvalue weighted by molar-refractivity contribution is 5.88. The Labute approximate surface area is 155 Å². The van der Waals surface area contributed by atoms with Crippen LogP contribution in [0.25, 0.3) is 0 Å². The minimum Gasteiger partial charge on any atom is -0.344 e. The lowest BCUT2D eigenvalue weighted by Crippen LogP contribution is -2.55. The Morgan fingerprint density at radius 2 is 2.08 bits per heavy atom. The topological polar surface area (TPSA) is 79.3 Å². The molecule has 25 heavy (non-hydrogen) atoms. The quantitative estimate of drug-likeness (QED) is 0.830. The zero-order chi connectivity index (χ0) is 17.1. The largest absolute Gasteiger partial charge is 0.344 e. The maximum Gasteiger partial charge on any atom is 0.245 e. The van der Waals surface area contributed by atoms with E-state index in [1.807, 2.05) is 22.7 Å². The minimum absolute atomic E-state index is 0. The summed E-state index contributed by atoms with van der Waals surface area (Å²) in [6.07, 6.45) is 7.74. The molecule has 0 spiro atoms. The lowest BCUT2D eigenvalue weighted by Gasteiger charge is -2.37. The molecule has 3 rings (SSSR count). The number of rotatable bonds is 4. The number of carbonyl (C=O) groups excluding carboxylic acids is 2. The molecule has 1 saturated carbocycles. The number of hydrogen-bond donors (Lipinski definition) is 2. The van der Waals surface area contributed by atoms with Crippen molar-refractivity contribution in [2.45, 2.75) is 44.7 Å². The van der Waals surface area contributed by atoms with E-state index in [4.69, 9.17) is 0 Å². The third kappa shape index (κ3) is 4.33. The number of amides is 2. The molecule has 1 aliphatic carbocycles. The van der Waals surface area contributed by atoms with Crippen LogP contribution in [0.4, 0.5) is 0 Å². The van der Waals surface area contributed by atoms with Crippen LogP contribution in [0.15, 0.2) is 12.4 Å². The van der Waals surface area contributed by atoms with E-state index in [0.29, 0.717) is 13.1 Å². The van der Waals surface area contributed by atoms with Crippen molar-refractivity contribution in [2.75, 3.05) is 19.6 Å². The summed E-state index contributed by atoms with van der Waals surface area (Å²) in [5, 5.41) is 6.25. The molecule has 1 saturated heterocycles. The van der Waals surface area contributed by atoms with Crippen LogP contribution in [-0.4, -0.2) is 51.9 Å². The second-order valence-electron chi connectivity index (χ2n) is 6.86. The summed E-state index contributed by atoms with van der Waals surface area (Å²) in [7, 11) is 1.94. The van der Waals surface area contributed by atoms with Crippen LogP contribution in [0, 0.1) is 5.92 Å². The van der Waals surface area contributed by atoms with Gasteiger partial charge in [-0.05, 0) is 19.8 Å². The van der Waals surface area contributed by atoms with E-state index in [2.05, 4.69) is 15.6 Å². The van der Waals surface area contributed by atoms with Gasteiger partial charge in [-0.3, -0.25) is 9.59 Å². The predicted molar refractivity (Wildman–Crippen MR) is 97.3 cm³/mol. The number of nitrogens with one attached hydrogen (secondary N) is 2. The van der Waals surface area contributed by atoms with Crippen molar-refractivity contribution in [1.82, 2.24) is 25.1 Å². The van der Waals surface area contributed by atoms with Crippen LogP contribution < -0.4 is 10.6 Å². The highest BCUT2D eigenvalue weighted by Crippen LogP contribution is 2.25. The maximum absolute atomic E-state index is 12.9. The van der Waals surface area contributed by atoms with Gasteiger partial charge in [0.25, 0.3) is 0 Å². The van der Waals surface area contributed by atoms with Crippen molar-refractivity contribution in [3.05, 3.63) is 18.2 Å². The van der Waals surface area contributed by atoms with Gasteiger partial charge in [-0.25, -0.2) is 4.98 Å². The van der Waals surface area contributed by atoms with Gasteiger partial charge >= 0.3 is 0 Å². The van der Waals surface area contributed by atoms with Gasteiger partial charge in [0.1, 0.15) is 17.9 Å².